The highest BCUT2D eigenvalue weighted by Gasteiger charge is 2.29. The van der Waals surface area contributed by atoms with Gasteiger partial charge >= 0.3 is 5.97 Å². The molecule has 0 spiro atoms. The van der Waals surface area contributed by atoms with Gasteiger partial charge in [-0.1, -0.05) is 31.9 Å². The average molecular weight is 303 g/mol. The first kappa shape index (κ1) is 16.5. The van der Waals surface area contributed by atoms with E-state index in [9.17, 15) is 9.59 Å². The van der Waals surface area contributed by atoms with Gasteiger partial charge < -0.3 is 10.0 Å². The molecule has 0 saturated heterocycles. The highest BCUT2D eigenvalue weighted by Crippen LogP contribution is 2.28. The zero-order valence-electron chi connectivity index (χ0n) is 13.4. The van der Waals surface area contributed by atoms with Crippen LogP contribution >= 0.6 is 0 Å². The number of likely N-dealkylation sites (N-methyl/N-ethyl adjacent to an activating group) is 1. The Morgan fingerprint density at radius 3 is 2.64 bits per heavy atom. The van der Waals surface area contributed by atoms with Crippen LogP contribution in [-0.4, -0.2) is 34.5 Å². The summed E-state index contributed by atoms with van der Waals surface area (Å²) in [5.41, 5.74) is 1.01. The number of hydrogen-bond acceptors (Lipinski definition) is 2. The third-order valence-electron chi connectivity index (χ3n) is 4.66. The van der Waals surface area contributed by atoms with Crippen molar-refractivity contribution in [2.24, 2.45) is 5.92 Å². The van der Waals surface area contributed by atoms with Crippen LogP contribution in [-0.2, 0) is 11.2 Å². The summed E-state index contributed by atoms with van der Waals surface area (Å²) in [7, 11) is 0. The number of amides is 1. The van der Waals surface area contributed by atoms with E-state index in [0.29, 0.717) is 18.5 Å². The molecule has 4 heteroatoms. The lowest BCUT2D eigenvalue weighted by atomic mass is 9.84. The van der Waals surface area contributed by atoms with Gasteiger partial charge in [-0.25, -0.2) is 4.79 Å². The fourth-order valence-corrected chi connectivity index (χ4v) is 3.45. The number of carboxylic acids is 1. The predicted molar refractivity (Wildman–Crippen MR) is 85.9 cm³/mol. The first-order chi connectivity index (χ1) is 10.5. The van der Waals surface area contributed by atoms with Gasteiger partial charge in [-0.05, 0) is 43.4 Å². The Labute approximate surface area is 132 Å². The maximum Gasteiger partial charge on any atom is 0.335 e. The monoisotopic (exact) mass is 303 g/mol. The Morgan fingerprint density at radius 1 is 1.27 bits per heavy atom. The second kappa shape index (κ2) is 7.43. The first-order valence-electron chi connectivity index (χ1n) is 8.14. The van der Waals surface area contributed by atoms with Crippen molar-refractivity contribution in [1.29, 1.82) is 0 Å². The Bertz CT molecular complexity index is 541. The topological polar surface area (TPSA) is 57.6 Å². The summed E-state index contributed by atoms with van der Waals surface area (Å²) in [6, 6.07) is 7.00. The predicted octanol–water partition coefficient (Wildman–Crippen LogP) is 3.35. The molecule has 0 heterocycles. The minimum absolute atomic E-state index is 0.101. The van der Waals surface area contributed by atoms with E-state index in [1.54, 1.807) is 18.2 Å². The zero-order chi connectivity index (χ0) is 16.1. The van der Waals surface area contributed by atoms with Crippen LogP contribution in [0.15, 0.2) is 24.3 Å². The number of benzene rings is 1. The molecule has 1 aromatic carbocycles. The summed E-state index contributed by atoms with van der Waals surface area (Å²) >= 11 is 0. The molecule has 2 rings (SSSR count). The molecule has 120 valence electrons. The Balaban J connectivity index is 2.09. The molecule has 2 atom stereocenters. The molecule has 1 aliphatic rings. The molecule has 1 aliphatic carbocycles. The van der Waals surface area contributed by atoms with Crippen LogP contribution in [0.1, 0.15) is 55.5 Å². The zero-order valence-corrected chi connectivity index (χ0v) is 13.4. The van der Waals surface area contributed by atoms with Gasteiger partial charge in [0.15, 0.2) is 0 Å². The lowest BCUT2D eigenvalue weighted by Crippen LogP contribution is -2.45. The van der Waals surface area contributed by atoms with Gasteiger partial charge in [0.1, 0.15) is 0 Å². The van der Waals surface area contributed by atoms with Crippen molar-refractivity contribution in [2.75, 3.05) is 6.54 Å². The standard InChI is InChI=1S/C18H25NO3/c1-3-19(16-10-5-4-7-13(16)2)17(20)12-14-8-6-9-15(11-14)18(21)22/h6,8-9,11,13,16H,3-5,7,10,12H2,1-2H3,(H,21,22). The molecular formula is C18H25NO3. The molecule has 0 aliphatic heterocycles. The third-order valence-corrected chi connectivity index (χ3v) is 4.66. The van der Waals surface area contributed by atoms with E-state index < -0.39 is 5.97 Å². The van der Waals surface area contributed by atoms with Crippen LogP contribution in [0, 0.1) is 5.92 Å². The number of hydrogen-bond donors (Lipinski definition) is 1. The highest BCUT2D eigenvalue weighted by molar-refractivity contribution is 5.88. The SMILES string of the molecule is CCN(C(=O)Cc1cccc(C(=O)O)c1)C1CCCCC1C. The summed E-state index contributed by atoms with van der Waals surface area (Å²) in [5.74, 6) is -0.311. The van der Waals surface area contributed by atoms with E-state index in [-0.39, 0.29) is 17.9 Å². The molecular weight excluding hydrogens is 278 g/mol. The molecule has 1 N–H and O–H groups in total. The number of carboxylic acid groups (broad SMARTS) is 1. The molecule has 1 amide bonds. The fourth-order valence-electron chi connectivity index (χ4n) is 3.45. The number of carbonyl (C=O) groups is 2. The summed E-state index contributed by atoms with van der Waals surface area (Å²) in [5, 5.41) is 9.04. The molecule has 1 fully saturated rings. The molecule has 4 nitrogen and oxygen atoms in total. The van der Waals surface area contributed by atoms with E-state index in [0.717, 1.165) is 12.0 Å². The van der Waals surface area contributed by atoms with Crippen LogP contribution in [0.2, 0.25) is 0 Å². The molecule has 0 radical (unpaired) electrons. The number of carbonyl (C=O) groups excluding carboxylic acids is 1. The van der Waals surface area contributed by atoms with E-state index in [1.807, 2.05) is 17.9 Å². The van der Waals surface area contributed by atoms with Crippen molar-refractivity contribution >= 4 is 11.9 Å². The smallest absolute Gasteiger partial charge is 0.335 e. The Kier molecular flexibility index (Phi) is 5.58. The minimum Gasteiger partial charge on any atom is -0.478 e. The second-order valence-corrected chi connectivity index (χ2v) is 6.19. The average Bonchev–Trinajstić information content (AvgIpc) is 2.50. The van der Waals surface area contributed by atoms with Crippen molar-refractivity contribution in [3.8, 4) is 0 Å². The molecule has 0 aromatic heterocycles. The number of aromatic carboxylic acids is 1. The molecule has 2 unspecified atom stereocenters. The largest absolute Gasteiger partial charge is 0.478 e. The summed E-state index contributed by atoms with van der Waals surface area (Å²) in [4.78, 5) is 25.7. The summed E-state index contributed by atoms with van der Waals surface area (Å²) in [6.45, 7) is 4.96. The van der Waals surface area contributed by atoms with Gasteiger partial charge in [-0.3, -0.25) is 4.79 Å². The molecule has 22 heavy (non-hydrogen) atoms. The fraction of sp³-hybridized carbons (Fsp3) is 0.556. The van der Waals surface area contributed by atoms with Gasteiger partial charge in [0.25, 0.3) is 0 Å². The lowest BCUT2D eigenvalue weighted by molar-refractivity contribution is -0.134. The maximum absolute atomic E-state index is 12.6. The summed E-state index contributed by atoms with van der Waals surface area (Å²) in [6.07, 6.45) is 4.98. The molecule has 1 aromatic rings. The number of rotatable bonds is 5. The second-order valence-electron chi connectivity index (χ2n) is 6.19. The van der Waals surface area contributed by atoms with E-state index >= 15 is 0 Å². The Hall–Kier alpha value is -1.84. The first-order valence-corrected chi connectivity index (χ1v) is 8.14. The minimum atomic E-state index is -0.956. The normalized spacial score (nSPS) is 21.4. The Morgan fingerprint density at radius 2 is 2.00 bits per heavy atom. The van der Waals surface area contributed by atoms with Gasteiger partial charge in [-0.2, -0.15) is 0 Å². The van der Waals surface area contributed by atoms with Crippen LogP contribution in [0.25, 0.3) is 0 Å². The lowest BCUT2D eigenvalue weighted by Gasteiger charge is -2.38. The van der Waals surface area contributed by atoms with Crippen molar-refractivity contribution in [3.05, 3.63) is 35.4 Å². The van der Waals surface area contributed by atoms with Crippen LogP contribution in [0.4, 0.5) is 0 Å². The van der Waals surface area contributed by atoms with Crippen LogP contribution in [0.3, 0.4) is 0 Å². The van der Waals surface area contributed by atoms with E-state index in [4.69, 9.17) is 5.11 Å². The van der Waals surface area contributed by atoms with Crippen molar-refractivity contribution in [1.82, 2.24) is 4.90 Å². The van der Waals surface area contributed by atoms with Crippen molar-refractivity contribution in [2.45, 2.75) is 52.0 Å². The summed E-state index contributed by atoms with van der Waals surface area (Å²) < 4.78 is 0. The quantitative estimate of drug-likeness (QED) is 0.907. The van der Waals surface area contributed by atoms with Crippen molar-refractivity contribution < 1.29 is 14.7 Å². The van der Waals surface area contributed by atoms with Crippen molar-refractivity contribution in [3.63, 3.8) is 0 Å². The van der Waals surface area contributed by atoms with Crippen LogP contribution < -0.4 is 0 Å². The third kappa shape index (κ3) is 3.87. The van der Waals surface area contributed by atoms with E-state index in [1.165, 1.54) is 19.3 Å². The molecule has 1 saturated carbocycles. The number of nitrogens with zero attached hydrogens (tertiary/aromatic N) is 1. The van der Waals surface area contributed by atoms with Gasteiger partial charge in [-0.15, -0.1) is 0 Å². The maximum atomic E-state index is 12.6. The van der Waals surface area contributed by atoms with Crippen LogP contribution in [0.5, 0.6) is 0 Å². The highest BCUT2D eigenvalue weighted by atomic mass is 16.4. The van der Waals surface area contributed by atoms with E-state index in [2.05, 4.69) is 6.92 Å². The van der Waals surface area contributed by atoms with Gasteiger partial charge in [0, 0.05) is 12.6 Å². The molecule has 0 bridgehead atoms. The van der Waals surface area contributed by atoms with Gasteiger partial charge in [0.05, 0.1) is 12.0 Å². The van der Waals surface area contributed by atoms with Gasteiger partial charge in [0.2, 0.25) is 5.91 Å².